The van der Waals surface area contributed by atoms with Crippen LogP contribution in [0.5, 0.6) is 0 Å². The average molecular weight is 307 g/mol. The van der Waals surface area contributed by atoms with Crippen LogP contribution < -0.4 is 5.32 Å². The third-order valence-corrected chi connectivity index (χ3v) is 5.31. The number of aliphatic hydroxyl groups is 1. The maximum atomic E-state index is 13.9. The van der Waals surface area contributed by atoms with E-state index in [-0.39, 0.29) is 24.4 Å². The van der Waals surface area contributed by atoms with E-state index >= 15 is 0 Å². The van der Waals surface area contributed by atoms with Crippen molar-refractivity contribution in [3.8, 4) is 0 Å². The molecular formula is C16H18FNO2S. The first kappa shape index (κ1) is 14.5. The van der Waals surface area contributed by atoms with Crippen LogP contribution in [0.25, 0.3) is 10.1 Å². The molecule has 0 bridgehead atoms. The van der Waals surface area contributed by atoms with Gasteiger partial charge in [0.05, 0.1) is 4.88 Å². The molecule has 1 saturated carbocycles. The molecule has 1 aliphatic rings. The van der Waals surface area contributed by atoms with Gasteiger partial charge in [-0.1, -0.05) is 6.07 Å². The molecule has 1 aromatic carbocycles. The summed E-state index contributed by atoms with van der Waals surface area (Å²) < 4.78 is 14.7. The molecule has 1 fully saturated rings. The number of hydrogen-bond donors (Lipinski definition) is 2. The standard InChI is InChI=1S/C16H18FNO2S/c1-9-14-11(17)3-2-4-13(14)21-15(9)16(20)18-12(7-8-19)10-5-6-10/h2-4,10,12,19H,5-8H2,1H3,(H,18,20). The number of halogens is 1. The Morgan fingerprint density at radius 2 is 2.29 bits per heavy atom. The van der Waals surface area contributed by atoms with Crippen molar-refractivity contribution in [2.45, 2.75) is 32.2 Å². The van der Waals surface area contributed by atoms with E-state index in [9.17, 15) is 9.18 Å². The molecule has 1 aromatic heterocycles. The predicted molar refractivity (Wildman–Crippen MR) is 82.2 cm³/mol. The normalized spacial score (nSPS) is 16.1. The van der Waals surface area contributed by atoms with Gasteiger partial charge < -0.3 is 10.4 Å². The molecule has 0 aliphatic heterocycles. The monoisotopic (exact) mass is 307 g/mol. The zero-order valence-electron chi connectivity index (χ0n) is 11.9. The van der Waals surface area contributed by atoms with Gasteiger partial charge in [0.1, 0.15) is 5.82 Å². The minimum Gasteiger partial charge on any atom is -0.396 e. The lowest BCUT2D eigenvalue weighted by Crippen LogP contribution is -2.37. The topological polar surface area (TPSA) is 49.3 Å². The summed E-state index contributed by atoms with van der Waals surface area (Å²) in [6.07, 6.45) is 2.78. The number of aliphatic hydroxyl groups excluding tert-OH is 1. The third-order valence-electron chi connectivity index (χ3n) is 4.06. The molecular weight excluding hydrogens is 289 g/mol. The number of benzene rings is 1. The van der Waals surface area contributed by atoms with Gasteiger partial charge in [0, 0.05) is 22.7 Å². The second kappa shape index (κ2) is 5.73. The van der Waals surface area contributed by atoms with E-state index in [4.69, 9.17) is 5.11 Å². The first-order valence-electron chi connectivity index (χ1n) is 7.21. The van der Waals surface area contributed by atoms with Crippen molar-refractivity contribution >= 4 is 27.3 Å². The van der Waals surface area contributed by atoms with Crippen LogP contribution in [0.15, 0.2) is 18.2 Å². The number of aryl methyl sites for hydroxylation is 1. The predicted octanol–water partition coefficient (Wildman–Crippen LogP) is 3.24. The Morgan fingerprint density at radius 1 is 1.52 bits per heavy atom. The Balaban J connectivity index is 1.87. The van der Waals surface area contributed by atoms with Crippen molar-refractivity contribution in [2.24, 2.45) is 5.92 Å². The summed E-state index contributed by atoms with van der Waals surface area (Å²) in [5.74, 6) is 0.0420. The van der Waals surface area contributed by atoms with Gasteiger partial charge in [0.25, 0.3) is 5.91 Å². The van der Waals surface area contributed by atoms with Crippen molar-refractivity contribution in [1.29, 1.82) is 0 Å². The zero-order chi connectivity index (χ0) is 15.0. The van der Waals surface area contributed by atoms with E-state index in [1.54, 1.807) is 13.0 Å². The molecule has 2 aromatic rings. The fraction of sp³-hybridized carbons (Fsp3) is 0.438. The van der Waals surface area contributed by atoms with Crippen molar-refractivity contribution in [2.75, 3.05) is 6.61 Å². The first-order chi connectivity index (χ1) is 10.1. The van der Waals surface area contributed by atoms with Gasteiger partial charge in [-0.3, -0.25) is 4.79 Å². The van der Waals surface area contributed by atoms with Crippen LogP contribution in [-0.4, -0.2) is 23.7 Å². The van der Waals surface area contributed by atoms with E-state index in [0.717, 1.165) is 17.5 Å². The number of nitrogens with one attached hydrogen (secondary N) is 1. The lowest BCUT2D eigenvalue weighted by Gasteiger charge is -2.16. The highest BCUT2D eigenvalue weighted by molar-refractivity contribution is 7.21. The molecule has 1 unspecified atom stereocenters. The fourth-order valence-electron chi connectivity index (χ4n) is 2.77. The molecule has 0 saturated heterocycles. The molecule has 0 spiro atoms. The van der Waals surface area contributed by atoms with Gasteiger partial charge in [0.15, 0.2) is 0 Å². The summed E-state index contributed by atoms with van der Waals surface area (Å²) in [6, 6.07) is 4.94. The Bertz CT molecular complexity index is 678. The number of hydrogen-bond acceptors (Lipinski definition) is 3. The summed E-state index contributed by atoms with van der Waals surface area (Å²) in [5, 5.41) is 12.6. The molecule has 1 aliphatic carbocycles. The minimum absolute atomic E-state index is 0.0250. The number of carbonyl (C=O) groups is 1. The van der Waals surface area contributed by atoms with E-state index in [2.05, 4.69) is 5.32 Å². The zero-order valence-corrected chi connectivity index (χ0v) is 12.7. The molecule has 1 atom stereocenters. The Morgan fingerprint density at radius 3 is 2.90 bits per heavy atom. The van der Waals surface area contributed by atoms with Gasteiger partial charge in [0.2, 0.25) is 0 Å². The summed E-state index contributed by atoms with van der Waals surface area (Å²) in [6.45, 7) is 1.86. The average Bonchev–Trinajstić information content (AvgIpc) is 3.23. The van der Waals surface area contributed by atoms with Crippen LogP contribution in [0.1, 0.15) is 34.5 Å². The van der Waals surface area contributed by atoms with Gasteiger partial charge in [-0.25, -0.2) is 4.39 Å². The van der Waals surface area contributed by atoms with E-state index < -0.39 is 0 Å². The summed E-state index contributed by atoms with van der Waals surface area (Å²) in [5.41, 5.74) is 0.698. The highest BCUT2D eigenvalue weighted by Crippen LogP contribution is 2.35. The Kier molecular flexibility index (Phi) is 3.95. The van der Waals surface area contributed by atoms with Crippen molar-refractivity contribution in [3.05, 3.63) is 34.5 Å². The van der Waals surface area contributed by atoms with Gasteiger partial charge >= 0.3 is 0 Å². The Labute approximate surface area is 126 Å². The van der Waals surface area contributed by atoms with Crippen LogP contribution in [-0.2, 0) is 0 Å². The minimum atomic E-state index is -0.283. The molecule has 5 heteroatoms. The molecule has 112 valence electrons. The van der Waals surface area contributed by atoms with Gasteiger partial charge in [-0.05, 0) is 49.8 Å². The highest BCUT2D eigenvalue weighted by atomic mass is 32.1. The van der Waals surface area contributed by atoms with Crippen LogP contribution in [0, 0.1) is 18.7 Å². The second-order valence-corrected chi connectivity index (χ2v) is 6.65. The fourth-order valence-corrected chi connectivity index (χ4v) is 3.89. The van der Waals surface area contributed by atoms with Crippen LogP contribution in [0.3, 0.4) is 0 Å². The van der Waals surface area contributed by atoms with Crippen molar-refractivity contribution in [3.63, 3.8) is 0 Å². The van der Waals surface area contributed by atoms with Gasteiger partial charge in [-0.15, -0.1) is 11.3 Å². The number of amides is 1. The molecule has 0 radical (unpaired) electrons. The lowest BCUT2D eigenvalue weighted by molar-refractivity contribution is 0.0928. The number of thiophene rings is 1. The first-order valence-corrected chi connectivity index (χ1v) is 8.02. The number of rotatable bonds is 5. The van der Waals surface area contributed by atoms with E-state index in [0.29, 0.717) is 28.2 Å². The highest BCUT2D eigenvalue weighted by Gasteiger charge is 2.32. The largest absolute Gasteiger partial charge is 0.396 e. The number of carbonyl (C=O) groups excluding carboxylic acids is 1. The van der Waals surface area contributed by atoms with Crippen LogP contribution in [0.4, 0.5) is 4.39 Å². The summed E-state index contributed by atoms with van der Waals surface area (Å²) in [7, 11) is 0. The third kappa shape index (κ3) is 2.80. The smallest absolute Gasteiger partial charge is 0.261 e. The van der Waals surface area contributed by atoms with Crippen LogP contribution >= 0.6 is 11.3 Å². The molecule has 3 nitrogen and oxygen atoms in total. The SMILES string of the molecule is Cc1c(C(=O)NC(CCO)C2CC2)sc2cccc(F)c12. The molecule has 1 heterocycles. The molecule has 3 rings (SSSR count). The molecule has 21 heavy (non-hydrogen) atoms. The summed E-state index contributed by atoms with van der Waals surface area (Å²) in [4.78, 5) is 13.0. The maximum absolute atomic E-state index is 13.9. The van der Waals surface area contributed by atoms with Crippen molar-refractivity contribution < 1.29 is 14.3 Å². The number of fused-ring (bicyclic) bond motifs is 1. The molecule has 2 N–H and O–H groups in total. The van der Waals surface area contributed by atoms with Crippen molar-refractivity contribution in [1.82, 2.24) is 5.32 Å². The quantitative estimate of drug-likeness (QED) is 0.891. The maximum Gasteiger partial charge on any atom is 0.261 e. The molecule has 1 amide bonds. The summed E-state index contributed by atoms with van der Waals surface area (Å²) >= 11 is 1.32. The van der Waals surface area contributed by atoms with Gasteiger partial charge in [-0.2, -0.15) is 0 Å². The lowest BCUT2D eigenvalue weighted by atomic mass is 10.1. The Hall–Kier alpha value is -1.46. The van der Waals surface area contributed by atoms with Crippen LogP contribution in [0.2, 0.25) is 0 Å². The van der Waals surface area contributed by atoms with E-state index in [1.807, 2.05) is 6.07 Å². The van der Waals surface area contributed by atoms with E-state index in [1.165, 1.54) is 17.4 Å². The second-order valence-electron chi connectivity index (χ2n) is 5.60.